The molecule has 0 unspecified atom stereocenters. The first kappa shape index (κ1) is 9.58. The van der Waals surface area contributed by atoms with Crippen LogP contribution in [0.25, 0.3) is 5.76 Å². The van der Waals surface area contributed by atoms with E-state index in [4.69, 9.17) is 4.74 Å². The normalized spacial score (nSPS) is 14.6. The van der Waals surface area contributed by atoms with Crippen LogP contribution in [0.15, 0.2) is 29.3 Å². The Balaban J connectivity index is 2.79. The second-order valence-electron chi connectivity index (χ2n) is 3.03. The molecule has 1 heterocycles. The third-order valence-corrected chi connectivity index (χ3v) is 2.06. The summed E-state index contributed by atoms with van der Waals surface area (Å²) in [5.74, 6) is -1.33. The van der Waals surface area contributed by atoms with E-state index in [1.54, 1.807) is 31.2 Å². The highest BCUT2D eigenvalue weighted by molar-refractivity contribution is 6.50. The lowest BCUT2D eigenvalue weighted by Gasteiger charge is -2.08. The second kappa shape index (κ2) is 3.65. The molecule has 0 saturated heterocycles. The van der Waals surface area contributed by atoms with E-state index in [2.05, 4.69) is 4.99 Å². The lowest BCUT2D eigenvalue weighted by molar-refractivity contribution is -0.134. The fourth-order valence-corrected chi connectivity index (χ4v) is 1.43. The Hall–Kier alpha value is -1.97. The van der Waals surface area contributed by atoms with Crippen molar-refractivity contribution >= 4 is 17.4 Å². The largest absolute Gasteiger partial charge is 0.489 e. The molecular weight excluding hydrogens is 194 g/mol. The first-order valence-corrected chi connectivity index (χ1v) is 4.63. The van der Waals surface area contributed by atoms with Crippen molar-refractivity contribution in [1.29, 1.82) is 0 Å². The minimum absolute atomic E-state index is 0.105. The van der Waals surface area contributed by atoms with Crippen LogP contribution in [0.5, 0.6) is 0 Å². The van der Waals surface area contributed by atoms with Crippen LogP contribution in [-0.4, -0.2) is 18.3 Å². The Morgan fingerprint density at radius 1 is 1.27 bits per heavy atom. The Morgan fingerprint density at radius 2 is 2.00 bits per heavy atom. The number of carbonyl (C=O) groups excluding carboxylic acids is 2. The number of rotatable bonds is 2. The zero-order chi connectivity index (χ0) is 10.8. The van der Waals surface area contributed by atoms with Crippen molar-refractivity contribution in [3.8, 4) is 0 Å². The highest BCUT2D eigenvalue weighted by Crippen LogP contribution is 2.01. The Morgan fingerprint density at radius 3 is 2.73 bits per heavy atom. The van der Waals surface area contributed by atoms with E-state index < -0.39 is 11.7 Å². The SMILES string of the molecule is CCOC1=c2ccccc2=NC(=O)C1=O. The molecule has 1 aromatic carbocycles. The van der Waals surface area contributed by atoms with Crippen molar-refractivity contribution in [2.75, 3.05) is 6.61 Å². The average molecular weight is 203 g/mol. The van der Waals surface area contributed by atoms with E-state index >= 15 is 0 Å². The number of ketones is 1. The highest BCUT2D eigenvalue weighted by atomic mass is 16.5. The molecule has 0 aliphatic carbocycles. The molecule has 0 N–H and O–H groups in total. The molecular formula is C11H9NO3. The van der Waals surface area contributed by atoms with Gasteiger partial charge >= 0.3 is 5.91 Å². The Bertz CT molecular complexity index is 545. The van der Waals surface area contributed by atoms with Crippen molar-refractivity contribution in [1.82, 2.24) is 0 Å². The molecule has 4 heteroatoms. The number of Topliss-reactive ketones (excluding diaryl/α,β-unsaturated/α-hetero) is 1. The van der Waals surface area contributed by atoms with Crippen LogP contribution in [0, 0.1) is 0 Å². The summed E-state index contributed by atoms with van der Waals surface area (Å²) < 4.78 is 5.18. The van der Waals surface area contributed by atoms with Crippen LogP contribution in [0.2, 0.25) is 0 Å². The van der Waals surface area contributed by atoms with E-state index in [0.29, 0.717) is 17.2 Å². The lowest BCUT2D eigenvalue weighted by Crippen LogP contribution is -2.38. The van der Waals surface area contributed by atoms with Gasteiger partial charge in [0, 0.05) is 5.22 Å². The van der Waals surface area contributed by atoms with Crippen LogP contribution in [0.1, 0.15) is 6.92 Å². The Kier molecular flexibility index (Phi) is 2.33. The monoisotopic (exact) mass is 203 g/mol. The van der Waals surface area contributed by atoms with Gasteiger partial charge in [-0.3, -0.25) is 9.59 Å². The maximum atomic E-state index is 11.5. The van der Waals surface area contributed by atoms with E-state index in [-0.39, 0.29) is 5.76 Å². The molecule has 0 radical (unpaired) electrons. The molecule has 1 aliphatic rings. The topological polar surface area (TPSA) is 55.7 Å². The van der Waals surface area contributed by atoms with Crippen molar-refractivity contribution in [2.45, 2.75) is 6.92 Å². The molecule has 1 amide bonds. The van der Waals surface area contributed by atoms with E-state index in [0.717, 1.165) is 0 Å². The number of ether oxygens (including phenoxy) is 1. The summed E-state index contributed by atoms with van der Waals surface area (Å²) in [6, 6.07) is 6.93. The number of para-hydroxylation sites is 1. The van der Waals surface area contributed by atoms with E-state index in [1.165, 1.54) is 0 Å². The van der Waals surface area contributed by atoms with Crippen LogP contribution in [0.3, 0.4) is 0 Å². The van der Waals surface area contributed by atoms with Gasteiger partial charge in [-0.25, -0.2) is 4.99 Å². The number of fused-ring (bicyclic) bond motifs is 1. The summed E-state index contributed by atoms with van der Waals surface area (Å²) in [5, 5.41) is 1.08. The van der Waals surface area contributed by atoms with Gasteiger partial charge in [-0.15, -0.1) is 0 Å². The second-order valence-corrected chi connectivity index (χ2v) is 3.03. The summed E-state index contributed by atoms with van der Waals surface area (Å²) in [6.07, 6.45) is 0. The third-order valence-electron chi connectivity index (χ3n) is 2.06. The standard InChI is InChI=1S/C11H9NO3/c1-2-15-10-7-5-3-4-6-8(7)12-11(14)9(10)13/h3-6H,2H2,1H3. The van der Waals surface area contributed by atoms with Gasteiger partial charge in [-0.05, 0) is 19.1 Å². The van der Waals surface area contributed by atoms with E-state index in [1.807, 2.05) is 0 Å². The molecule has 76 valence electrons. The number of nitrogens with zero attached hydrogens (tertiary/aromatic N) is 1. The Labute approximate surface area is 85.9 Å². The van der Waals surface area contributed by atoms with Crippen molar-refractivity contribution in [3.05, 3.63) is 34.8 Å². The lowest BCUT2D eigenvalue weighted by atomic mass is 10.1. The van der Waals surface area contributed by atoms with Crippen LogP contribution >= 0.6 is 0 Å². The number of amides is 1. The molecule has 2 rings (SSSR count). The van der Waals surface area contributed by atoms with Crippen molar-refractivity contribution in [2.24, 2.45) is 4.99 Å². The van der Waals surface area contributed by atoms with Gasteiger partial charge < -0.3 is 4.74 Å². The summed E-state index contributed by atoms with van der Waals surface area (Å²) in [7, 11) is 0. The number of hydrogen-bond donors (Lipinski definition) is 0. The molecule has 0 saturated carbocycles. The van der Waals surface area contributed by atoms with Crippen molar-refractivity contribution in [3.63, 3.8) is 0 Å². The number of hydrogen-bond acceptors (Lipinski definition) is 3. The molecule has 0 spiro atoms. The zero-order valence-electron chi connectivity index (χ0n) is 8.19. The third kappa shape index (κ3) is 1.54. The van der Waals surface area contributed by atoms with Gasteiger partial charge in [0.05, 0.1) is 12.0 Å². The summed E-state index contributed by atoms with van der Waals surface area (Å²) >= 11 is 0. The van der Waals surface area contributed by atoms with Gasteiger partial charge in [0.25, 0.3) is 5.78 Å². The van der Waals surface area contributed by atoms with Gasteiger partial charge in [0.2, 0.25) is 0 Å². The molecule has 1 aromatic rings. The highest BCUT2D eigenvalue weighted by Gasteiger charge is 2.24. The maximum absolute atomic E-state index is 11.5. The van der Waals surface area contributed by atoms with Crippen LogP contribution in [-0.2, 0) is 14.3 Å². The molecule has 0 atom stereocenters. The number of benzene rings is 1. The smallest absolute Gasteiger partial charge is 0.321 e. The minimum atomic E-state index is -0.767. The first-order valence-electron chi connectivity index (χ1n) is 4.63. The first-order chi connectivity index (χ1) is 7.24. The molecule has 4 nitrogen and oxygen atoms in total. The van der Waals surface area contributed by atoms with E-state index in [9.17, 15) is 9.59 Å². The summed E-state index contributed by atoms with van der Waals surface area (Å²) in [6.45, 7) is 2.11. The summed E-state index contributed by atoms with van der Waals surface area (Å²) in [4.78, 5) is 26.4. The minimum Gasteiger partial charge on any atom is -0.489 e. The molecule has 1 aliphatic heterocycles. The van der Waals surface area contributed by atoms with Gasteiger partial charge in [-0.2, -0.15) is 0 Å². The molecule has 0 bridgehead atoms. The van der Waals surface area contributed by atoms with Gasteiger partial charge in [-0.1, -0.05) is 12.1 Å². The van der Waals surface area contributed by atoms with Crippen LogP contribution < -0.4 is 10.6 Å². The fourth-order valence-electron chi connectivity index (χ4n) is 1.43. The molecule has 0 aromatic heterocycles. The predicted octanol–water partition coefficient (Wildman–Crippen LogP) is -0.440. The number of carbonyl (C=O) groups is 2. The summed E-state index contributed by atoms with van der Waals surface area (Å²) in [5.41, 5.74) is 0. The van der Waals surface area contributed by atoms with Crippen molar-refractivity contribution < 1.29 is 14.3 Å². The average Bonchev–Trinajstić information content (AvgIpc) is 2.25. The fraction of sp³-hybridized carbons (Fsp3) is 0.182. The van der Waals surface area contributed by atoms with Gasteiger partial charge in [0.15, 0.2) is 5.76 Å². The molecule has 15 heavy (non-hydrogen) atoms. The quantitative estimate of drug-likeness (QED) is 0.612. The predicted molar refractivity (Wildman–Crippen MR) is 52.3 cm³/mol. The zero-order valence-corrected chi connectivity index (χ0v) is 8.19. The van der Waals surface area contributed by atoms with Crippen LogP contribution in [0.4, 0.5) is 0 Å². The van der Waals surface area contributed by atoms with Gasteiger partial charge in [0.1, 0.15) is 0 Å². The maximum Gasteiger partial charge on any atom is 0.321 e. The molecule has 0 fully saturated rings.